The summed E-state index contributed by atoms with van der Waals surface area (Å²) in [4.78, 5) is 18.9. The van der Waals surface area contributed by atoms with Crippen molar-refractivity contribution in [2.75, 3.05) is 11.4 Å². The van der Waals surface area contributed by atoms with Gasteiger partial charge < -0.3 is 0 Å². The number of amides is 1. The Morgan fingerprint density at radius 1 is 1.03 bits per heavy atom. The van der Waals surface area contributed by atoms with Gasteiger partial charge in [-0.3, -0.25) is 0 Å². The molecule has 0 aromatic carbocycles. The van der Waals surface area contributed by atoms with E-state index in [9.17, 15) is 4.79 Å². The molecule has 2 radical (unpaired) electrons. The van der Waals surface area contributed by atoms with E-state index in [-0.39, 0.29) is 6.09 Å². The number of aromatic nitrogens is 1. The second kappa shape index (κ2) is 13.2. The first-order chi connectivity index (χ1) is 13.7. The molecule has 6 heteroatoms. The molecule has 0 bridgehead atoms. The van der Waals surface area contributed by atoms with Crippen LogP contribution in [0.15, 0.2) is 6.20 Å². The monoisotopic (exact) mass is 530 g/mol. The quantitative estimate of drug-likeness (QED) is 0.260. The SMILES string of the molecule is CCCC[C](CCCC)(CCCC)[Sn][c]1cnc(N(CC)C(=O)OC(C)(C)C)s1. The van der Waals surface area contributed by atoms with E-state index in [0.29, 0.717) is 9.98 Å². The number of rotatable bonds is 13. The van der Waals surface area contributed by atoms with E-state index >= 15 is 0 Å². The Morgan fingerprint density at radius 2 is 1.55 bits per heavy atom. The number of thiazole rings is 1. The molecule has 0 N–H and O–H groups in total. The summed E-state index contributed by atoms with van der Waals surface area (Å²) in [5.74, 6) is 0. The molecule has 0 aliphatic rings. The predicted molar refractivity (Wildman–Crippen MR) is 128 cm³/mol. The van der Waals surface area contributed by atoms with Gasteiger partial charge in [0.2, 0.25) is 0 Å². The first kappa shape index (κ1) is 26.7. The third-order valence-corrected chi connectivity index (χ3v) is 12.2. The number of nitrogens with zero attached hydrogens (tertiary/aromatic N) is 2. The van der Waals surface area contributed by atoms with Crippen LogP contribution < -0.4 is 7.79 Å². The molecule has 0 saturated heterocycles. The van der Waals surface area contributed by atoms with E-state index in [4.69, 9.17) is 4.74 Å². The number of carbonyl (C=O) groups excluding carboxylic acids is 1. The molecule has 1 heterocycles. The fourth-order valence-corrected chi connectivity index (χ4v) is 11.4. The van der Waals surface area contributed by atoms with Crippen LogP contribution >= 0.6 is 11.3 Å². The zero-order valence-corrected chi connectivity index (χ0v) is 23.4. The van der Waals surface area contributed by atoms with Crippen molar-refractivity contribution in [2.24, 2.45) is 0 Å². The topological polar surface area (TPSA) is 42.4 Å². The molecule has 0 atom stereocenters. The number of hydrogen-bond donors (Lipinski definition) is 0. The number of hydrogen-bond acceptors (Lipinski definition) is 4. The van der Waals surface area contributed by atoms with Crippen molar-refractivity contribution in [2.45, 2.75) is 115 Å². The van der Waals surface area contributed by atoms with Crippen LogP contribution in [0.25, 0.3) is 0 Å². The number of carbonyl (C=O) groups is 1. The van der Waals surface area contributed by atoms with Crippen molar-refractivity contribution in [3.05, 3.63) is 6.20 Å². The normalized spacial score (nSPS) is 12.2. The average Bonchev–Trinajstić information content (AvgIpc) is 3.09. The van der Waals surface area contributed by atoms with Crippen molar-refractivity contribution in [3.8, 4) is 0 Å². The van der Waals surface area contributed by atoms with Gasteiger partial charge in [-0.1, -0.05) is 0 Å². The summed E-state index contributed by atoms with van der Waals surface area (Å²) in [5.41, 5.74) is -0.489. The number of anilines is 1. The van der Waals surface area contributed by atoms with Crippen molar-refractivity contribution < 1.29 is 9.53 Å². The van der Waals surface area contributed by atoms with Crippen LogP contribution in [-0.4, -0.2) is 44.4 Å². The molecule has 0 aliphatic carbocycles. The van der Waals surface area contributed by atoms with Crippen LogP contribution in [0.5, 0.6) is 0 Å². The Balaban J connectivity index is 3.02. The van der Waals surface area contributed by atoms with Gasteiger partial charge in [-0.2, -0.15) is 0 Å². The van der Waals surface area contributed by atoms with E-state index in [2.05, 4.69) is 32.0 Å². The standard InChI is InChI=1S/C13H27.C10H15N2O2S.Sn/c1-4-7-10-13(11-8-5-2)12-9-6-3;1-5-12(8-11-6-7-15-8)9(13)14-10(2,3)4;/h4-12H2,1-3H3;6H,5H2,1-4H3;. The fraction of sp³-hybridized carbons (Fsp3) is 0.826. The van der Waals surface area contributed by atoms with Gasteiger partial charge in [0, 0.05) is 0 Å². The van der Waals surface area contributed by atoms with Gasteiger partial charge in [-0.25, -0.2) is 0 Å². The van der Waals surface area contributed by atoms with Crippen LogP contribution in [0.4, 0.5) is 9.93 Å². The van der Waals surface area contributed by atoms with E-state index in [1.807, 2.05) is 27.7 Å². The van der Waals surface area contributed by atoms with Crippen LogP contribution in [0.1, 0.15) is 106 Å². The molecule has 29 heavy (non-hydrogen) atoms. The second-order valence-electron chi connectivity index (χ2n) is 8.95. The summed E-state index contributed by atoms with van der Waals surface area (Å²) in [6, 6.07) is 0. The molecule has 0 saturated carbocycles. The zero-order valence-electron chi connectivity index (χ0n) is 19.8. The van der Waals surface area contributed by atoms with Gasteiger partial charge in [0.25, 0.3) is 0 Å². The molecule has 4 nitrogen and oxygen atoms in total. The molecule has 0 spiro atoms. The minimum atomic E-state index is -0.811. The van der Waals surface area contributed by atoms with E-state index < -0.39 is 26.7 Å². The zero-order chi connectivity index (χ0) is 21.9. The maximum atomic E-state index is 12.6. The summed E-state index contributed by atoms with van der Waals surface area (Å²) in [6.07, 6.45) is 13.7. The Hall–Kier alpha value is -0.301. The van der Waals surface area contributed by atoms with Crippen LogP contribution in [0.2, 0.25) is 3.43 Å². The molecule has 0 unspecified atom stereocenters. The molecule has 1 amide bonds. The molecule has 1 aromatic heterocycles. The van der Waals surface area contributed by atoms with Gasteiger partial charge in [0.1, 0.15) is 0 Å². The van der Waals surface area contributed by atoms with Crippen molar-refractivity contribution in [1.82, 2.24) is 4.98 Å². The van der Waals surface area contributed by atoms with Crippen molar-refractivity contribution >= 4 is 46.6 Å². The minimum absolute atomic E-state index is 0.291. The molecule has 1 rings (SSSR count). The molecule has 1 aromatic rings. The summed E-state index contributed by atoms with van der Waals surface area (Å²) in [6.45, 7) is 15.2. The Labute approximate surface area is 193 Å². The molecule has 0 fully saturated rings. The predicted octanol–water partition coefficient (Wildman–Crippen LogP) is 6.96. The Kier molecular flexibility index (Phi) is 12.2. The summed E-state index contributed by atoms with van der Waals surface area (Å²) < 4.78 is 7.59. The summed E-state index contributed by atoms with van der Waals surface area (Å²) >= 11 is 0.926. The molecular formula is C23H42N2O2SSn. The van der Waals surface area contributed by atoms with Gasteiger partial charge in [0.15, 0.2) is 0 Å². The maximum absolute atomic E-state index is 12.6. The third-order valence-electron chi connectivity index (χ3n) is 5.07. The first-order valence-electron chi connectivity index (χ1n) is 11.4. The van der Waals surface area contributed by atoms with Crippen LogP contribution in [0.3, 0.4) is 0 Å². The van der Waals surface area contributed by atoms with Gasteiger partial charge in [-0.15, -0.1) is 0 Å². The Morgan fingerprint density at radius 3 is 1.97 bits per heavy atom. The molecular weight excluding hydrogens is 487 g/mol. The van der Waals surface area contributed by atoms with E-state index in [1.165, 1.54) is 60.7 Å². The Bertz CT molecular complexity index is 576. The van der Waals surface area contributed by atoms with Gasteiger partial charge >= 0.3 is 194 Å². The number of ether oxygens (including phenoxy) is 1. The molecule has 166 valence electrons. The number of unbranched alkanes of at least 4 members (excludes halogenated alkanes) is 3. The fourth-order valence-electron chi connectivity index (χ4n) is 3.48. The summed E-state index contributed by atoms with van der Waals surface area (Å²) in [5, 5.41) is 0.799. The second-order valence-corrected chi connectivity index (χ2v) is 16.3. The third kappa shape index (κ3) is 9.58. The van der Waals surface area contributed by atoms with E-state index in [1.54, 1.807) is 16.2 Å². The average molecular weight is 529 g/mol. The van der Waals surface area contributed by atoms with Gasteiger partial charge in [-0.05, 0) is 0 Å². The van der Waals surface area contributed by atoms with Gasteiger partial charge in [0.05, 0.1) is 0 Å². The van der Waals surface area contributed by atoms with Crippen molar-refractivity contribution in [1.29, 1.82) is 0 Å². The summed E-state index contributed by atoms with van der Waals surface area (Å²) in [7, 11) is 0. The van der Waals surface area contributed by atoms with Crippen LogP contribution in [-0.2, 0) is 4.74 Å². The molecule has 0 aliphatic heterocycles. The van der Waals surface area contributed by atoms with E-state index in [0.717, 1.165) is 5.13 Å². The first-order valence-corrected chi connectivity index (χ1v) is 15.1. The van der Waals surface area contributed by atoms with Crippen LogP contribution in [0, 0.1) is 0 Å². The van der Waals surface area contributed by atoms with Crippen molar-refractivity contribution in [3.63, 3.8) is 0 Å².